The molecule has 1 aromatic heterocycles. The van der Waals surface area contributed by atoms with Gasteiger partial charge in [-0.1, -0.05) is 31.7 Å². The molecule has 0 bridgehead atoms. The summed E-state index contributed by atoms with van der Waals surface area (Å²) in [6.07, 6.45) is 6.03. The fraction of sp³-hybridized carbons (Fsp3) is 0.538. The fourth-order valence-electron chi connectivity index (χ4n) is 4.03. The highest BCUT2D eigenvalue weighted by molar-refractivity contribution is 7.99. The van der Waals surface area contributed by atoms with Crippen LogP contribution in [-0.2, 0) is 4.79 Å². The van der Waals surface area contributed by atoms with Crippen molar-refractivity contribution in [3.63, 3.8) is 0 Å². The zero-order chi connectivity index (χ0) is 26.4. The van der Waals surface area contributed by atoms with Gasteiger partial charge in [-0.15, -0.1) is 0 Å². The molecular weight excluding hydrogens is 472 g/mol. The van der Waals surface area contributed by atoms with E-state index in [1.807, 2.05) is 6.92 Å². The van der Waals surface area contributed by atoms with E-state index in [2.05, 4.69) is 54.7 Å². The Labute approximate surface area is 218 Å². The molecule has 0 saturated heterocycles. The average molecular weight is 511 g/mol. The summed E-state index contributed by atoms with van der Waals surface area (Å²) in [5, 5.41) is 0.741. The number of thioether (sulfide) groups is 1. The van der Waals surface area contributed by atoms with E-state index in [0.29, 0.717) is 18.9 Å². The first-order valence-corrected chi connectivity index (χ1v) is 13.5. The summed E-state index contributed by atoms with van der Waals surface area (Å²) in [5.41, 5.74) is 11.0. The molecule has 36 heavy (non-hydrogen) atoms. The normalized spacial score (nSPS) is 19.5. The molecule has 0 spiro atoms. The van der Waals surface area contributed by atoms with Gasteiger partial charge in [-0.05, 0) is 51.0 Å². The summed E-state index contributed by atoms with van der Waals surface area (Å²) in [4.78, 5) is 39.8. The van der Waals surface area contributed by atoms with Crippen LogP contribution in [0.5, 0.6) is 0 Å². The van der Waals surface area contributed by atoms with Gasteiger partial charge in [-0.25, -0.2) is 15.0 Å². The molecule has 10 heteroatoms. The second kappa shape index (κ2) is 12.3. The quantitative estimate of drug-likeness (QED) is 0.280. The number of nitrogens with zero attached hydrogens (tertiary/aromatic N) is 7. The maximum atomic E-state index is 12.3. The second-order valence-corrected chi connectivity index (χ2v) is 10.3. The third-order valence-corrected chi connectivity index (χ3v) is 6.77. The van der Waals surface area contributed by atoms with Crippen molar-refractivity contribution in [3.8, 4) is 0 Å². The highest BCUT2D eigenvalue weighted by atomic mass is 32.2. The Kier molecular flexibility index (Phi) is 9.42. The molecule has 2 heterocycles. The largest absolute Gasteiger partial charge is 0.379 e. The Balaban J connectivity index is 2.14. The number of fused-ring (bicyclic) bond motifs is 1. The van der Waals surface area contributed by atoms with Crippen LogP contribution in [0, 0.1) is 0 Å². The monoisotopic (exact) mass is 510 g/mol. The first-order valence-electron chi connectivity index (χ1n) is 12.5. The van der Waals surface area contributed by atoms with Crippen molar-refractivity contribution in [1.29, 1.82) is 0 Å². The predicted octanol–water partition coefficient (Wildman–Crippen LogP) is 3.70. The molecule has 0 saturated carbocycles. The molecule has 1 aliphatic heterocycles. The zero-order valence-electron chi connectivity index (χ0n) is 22.5. The van der Waals surface area contributed by atoms with E-state index in [9.17, 15) is 4.79 Å². The highest BCUT2D eigenvalue weighted by Crippen LogP contribution is 2.38. The van der Waals surface area contributed by atoms with E-state index in [1.54, 1.807) is 25.9 Å². The molecule has 1 atom stereocenters. The maximum absolute atomic E-state index is 12.3. The number of aromatic nitrogens is 2. The summed E-state index contributed by atoms with van der Waals surface area (Å²) in [5.74, 6) is 1.84. The third-order valence-electron chi connectivity index (χ3n) is 6.04. The Bertz CT molecular complexity index is 1150. The second-order valence-electron chi connectivity index (χ2n) is 9.06. The molecule has 3 rings (SSSR count). The van der Waals surface area contributed by atoms with Crippen molar-refractivity contribution in [2.45, 2.75) is 58.7 Å². The van der Waals surface area contributed by atoms with Crippen LogP contribution in [0.3, 0.4) is 0 Å². The molecule has 1 unspecified atom stereocenters. The number of rotatable bonds is 5. The van der Waals surface area contributed by atoms with Gasteiger partial charge in [0, 0.05) is 38.8 Å². The maximum Gasteiger partial charge on any atom is 0.288 e. The molecule has 194 valence electrons. The number of carbonyl (C=O) groups excluding carboxylic acids is 1. The Hall–Kier alpha value is -3.01. The van der Waals surface area contributed by atoms with E-state index in [1.165, 1.54) is 4.90 Å². The van der Waals surface area contributed by atoms with Crippen molar-refractivity contribution in [2.75, 3.05) is 44.4 Å². The number of amides is 1. The third kappa shape index (κ3) is 6.21. The topological polar surface area (TPSA) is 112 Å². The lowest BCUT2D eigenvalue weighted by molar-refractivity contribution is -0.121. The van der Waals surface area contributed by atoms with Crippen LogP contribution in [0.15, 0.2) is 32.3 Å². The van der Waals surface area contributed by atoms with Crippen LogP contribution in [0.4, 0.5) is 5.82 Å². The van der Waals surface area contributed by atoms with Gasteiger partial charge in [0.05, 0.1) is 23.5 Å². The van der Waals surface area contributed by atoms with Crippen LogP contribution >= 0.6 is 11.8 Å². The minimum atomic E-state index is -0.336. The first kappa shape index (κ1) is 27.6. The van der Waals surface area contributed by atoms with Crippen molar-refractivity contribution in [1.82, 2.24) is 14.9 Å². The lowest BCUT2D eigenvalue weighted by Crippen LogP contribution is -2.37. The Morgan fingerprint density at radius 3 is 2.72 bits per heavy atom. The van der Waals surface area contributed by atoms with Crippen LogP contribution in [0.2, 0.25) is 0 Å². The summed E-state index contributed by atoms with van der Waals surface area (Å²) in [6, 6.07) is 0.211. The van der Waals surface area contributed by atoms with E-state index in [-0.39, 0.29) is 17.8 Å². The number of nitrogens with two attached hydrogens (primary N) is 1. The fourth-order valence-corrected chi connectivity index (χ4v) is 4.59. The number of carbonyl (C=O) groups is 1. The number of amidine groups is 2. The van der Waals surface area contributed by atoms with Crippen molar-refractivity contribution >= 4 is 52.0 Å². The van der Waals surface area contributed by atoms with Crippen LogP contribution in [-0.4, -0.2) is 83.7 Å². The van der Waals surface area contributed by atoms with Crippen molar-refractivity contribution in [3.05, 3.63) is 23.4 Å². The van der Waals surface area contributed by atoms with Gasteiger partial charge in [0.15, 0.2) is 11.0 Å². The van der Waals surface area contributed by atoms with Crippen LogP contribution < -0.4 is 10.6 Å². The van der Waals surface area contributed by atoms with Crippen LogP contribution in [0.1, 0.15) is 58.7 Å². The lowest BCUT2D eigenvalue weighted by atomic mass is 9.89. The first-order chi connectivity index (χ1) is 17.2. The van der Waals surface area contributed by atoms with Gasteiger partial charge >= 0.3 is 0 Å². The molecular formula is C26H38N8OS. The number of hydrogen-bond donors (Lipinski definition) is 1. The number of anilines is 1. The van der Waals surface area contributed by atoms with E-state index >= 15 is 0 Å². The summed E-state index contributed by atoms with van der Waals surface area (Å²) in [6.45, 7) is 12.3. The van der Waals surface area contributed by atoms with E-state index in [4.69, 9.17) is 20.7 Å². The lowest BCUT2D eigenvalue weighted by Gasteiger charge is -2.29. The molecule has 0 radical (unpaired) electrons. The summed E-state index contributed by atoms with van der Waals surface area (Å²) in [7, 11) is 3.30. The standard InChI is InChI=1S/C26H38N8OS/c1-8-17(5)29-19-14-16(4)22-21(18(19)9-2)24(32-26(31-22)36-10-3)34-13-11-12-28-20(15-34)30-23(27)25(35)33(6)7/h9,14,17H,8,10-13,15H2,1-7H3,(H2,27,28,30)/b18-9+,29-19?. The van der Waals surface area contributed by atoms with Gasteiger partial charge in [-0.3, -0.25) is 14.8 Å². The minimum absolute atomic E-state index is 0.0663. The van der Waals surface area contributed by atoms with Crippen molar-refractivity contribution < 1.29 is 4.79 Å². The van der Waals surface area contributed by atoms with Gasteiger partial charge < -0.3 is 15.5 Å². The molecule has 2 aliphatic rings. The summed E-state index contributed by atoms with van der Waals surface area (Å²) >= 11 is 1.62. The SMILES string of the molecule is C/C=C1\C(=NC(C)CC)C=C(C)c2nc(SCC)nc(N3CCCN=C(N=C(N)C(=O)N(C)C)C3)c21. The molecule has 2 N–H and O–H groups in total. The number of aliphatic imine (C=N–C) groups is 3. The average Bonchev–Trinajstić information content (AvgIpc) is 3.09. The van der Waals surface area contributed by atoms with Gasteiger partial charge in [-0.2, -0.15) is 0 Å². The molecule has 1 amide bonds. The molecule has 1 aliphatic carbocycles. The van der Waals surface area contributed by atoms with E-state index < -0.39 is 0 Å². The molecule has 1 aromatic rings. The Morgan fingerprint density at radius 1 is 1.33 bits per heavy atom. The number of hydrogen-bond acceptors (Lipinski definition) is 8. The zero-order valence-corrected chi connectivity index (χ0v) is 23.3. The molecule has 9 nitrogen and oxygen atoms in total. The van der Waals surface area contributed by atoms with Gasteiger partial charge in [0.25, 0.3) is 5.91 Å². The minimum Gasteiger partial charge on any atom is -0.379 e. The molecule has 0 aromatic carbocycles. The van der Waals surface area contributed by atoms with Gasteiger partial charge in [0.2, 0.25) is 0 Å². The van der Waals surface area contributed by atoms with Crippen LogP contribution in [0.25, 0.3) is 11.1 Å². The summed E-state index contributed by atoms with van der Waals surface area (Å²) < 4.78 is 0. The Morgan fingerprint density at radius 2 is 2.08 bits per heavy atom. The number of allylic oxidation sites excluding steroid dienone is 4. The smallest absolute Gasteiger partial charge is 0.288 e. The molecule has 0 fully saturated rings. The predicted molar refractivity (Wildman–Crippen MR) is 152 cm³/mol. The van der Waals surface area contributed by atoms with E-state index in [0.717, 1.165) is 64.2 Å². The number of likely N-dealkylation sites (N-methyl/N-ethyl adjacent to an activating group) is 1. The van der Waals surface area contributed by atoms with Gasteiger partial charge in [0.1, 0.15) is 11.7 Å². The highest BCUT2D eigenvalue weighted by Gasteiger charge is 2.29. The van der Waals surface area contributed by atoms with Crippen molar-refractivity contribution in [2.24, 2.45) is 20.7 Å².